The average molecular weight is 344 g/mol. The van der Waals surface area contributed by atoms with Crippen LogP contribution in [0.25, 0.3) is 0 Å². The van der Waals surface area contributed by atoms with Gasteiger partial charge < -0.3 is 4.74 Å². The maximum absolute atomic E-state index is 6.07. The average Bonchev–Trinajstić information content (AvgIpc) is 2.92. The van der Waals surface area contributed by atoms with Crippen molar-refractivity contribution >= 4 is 11.6 Å². The lowest BCUT2D eigenvalue weighted by Gasteiger charge is -2.21. The topological polar surface area (TPSA) is 12.5 Å². The van der Waals surface area contributed by atoms with E-state index in [9.17, 15) is 0 Å². The van der Waals surface area contributed by atoms with Gasteiger partial charge >= 0.3 is 0 Å². The Hall–Kier alpha value is -1.51. The van der Waals surface area contributed by atoms with Crippen molar-refractivity contribution in [3.05, 3.63) is 64.7 Å². The van der Waals surface area contributed by atoms with Gasteiger partial charge in [-0.1, -0.05) is 41.4 Å². The van der Waals surface area contributed by atoms with Crippen LogP contribution in [0, 0.1) is 12.8 Å². The second kappa shape index (κ2) is 8.04. The summed E-state index contributed by atoms with van der Waals surface area (Å²) in [6, 6.07) is 17.1. The number of rotatable bonds is 6. The van der Waals surface area contributed by atoms with Crippen molar-refractivity contribution in [2.75, 3.05) is 19.7 Å². The summed E-state index contributed by atoms with van der Waals surface area (Å²) in [5, 5.41) is 0.825. The fourth-order valence-corrected chi connectivity index (χ4v) is 3.68. The Morgan fingerprint density at radius 3 is 2.71 bits per heavy atom. The van der Waals surface area contributed by atoms with Crippen molar-refractivity contribution in [3.8, 4) is 5.75 Å². The normalized spacial score (nSPS) is 21.1. The van der Waals surface area contributed by atoms with Crippen molar-refractivity contribution < 1.29 is 4.74 Å². The minimum Gasteiger partial charge on any atom is -0.493 e. The third kappa shape index (κ3) is 4.75. The van der Waals surface area contributed by atoms with E-state index in [-0.39, 0.29) is 0 Å². The zero-order valence-electron chi connectivity index (χ0n) is 14.5. The van der Waals surface area contributed by atoms with Crippen molar-refractivity contribution in [3.63, 3.8) is 0 Å². The molecule has 2 unspecified atom stereocenters. The molecule has 3 heteroatoms. The second-order valence-corrected chi connectivity index (χ2v) is 7.39. The van der Waals surface area contributed by atoms with Gasteiger partial charge in [0, 0.05) is 30.1 Å². The summed E-state index contributed by atoms with van der Waals surface area (Å²) in [5.74, 6) is 1.59. The van der Waals surface area contributed by atoms with E-state index in [1.807, 2.05) is 12.1 Å². The second-order valence-electron chi connectivity index (χ2n) is 6.95. The highest BCUT2D eigenvalue weighted by molar-refractivity contribution is 6.30. The molecule has 0 bridgehead atoms. The lowest BCUT2D eigenvalue weighted by Crippen LogP contribution is -2.29. The van der Waals surface area contributed by atoms with Crippen LogP contribution in [0.2, 0.25) is 5.02 Å². The third-order valence-corrected chi connectivity index (χ3v) is 5.11. The summed E-state index contributed by atoms with van der Waals surface area (Å²) in [4.78, 5) is 2.57. The van der Waals surface area contributed by atoms with Gasteiger partial charge in [-0.3, -0.25) is 4.90 Å². The molecule has 1 aliphatic heterocycles. The molecule has 0 N–H and O–H groups in total. The largest absolute Gasteiger partial charge is 0.493 e. The minimum atomic E-state index is 0.612. The van der Waals surface area contributed by atoms with Crippen molar-refractivity contribution in [1.82, 2.24) is 4.90 Å². The molecule has 1 fully saturated rings. The van der Waals surface area contributed by atoms with E-state index >= 15 is 0 Å². The monoisotopic (exact) mass is 343 g/mol. The predicted molar refractivity (Wildman–Crippen MR) is 101 cm³/mol. The molecule has 3 rings (SSSR count). The Labute approximate surface area is 150 Å². The number of likely N-dealkylation sites (tertiary alicyclic amines) is 1. The standard InChI is InChI=1S/C21H26ClNO/c1-16-6-8-21(9-7-16)24-15-19-12-17(2)23(14-19)11-10-18-4-3-5-20(22)13-18/h3-9,13,17,19H,10-12,14-15H2,1-2H3. The van der Waals surface area contributed by atoms with Crippen LogP contribution in [-0.4, -0.2) is 30.6 Å². The quantitative estimate of drug-likeness (QED) is 0.733. The summed E-state index contributed by atoms with van der Waals surface area (Å²) in [7, 11) is 0. The molecule has 1 saturated heterocycles. The van der Waals surface area contributed by atoms with Crippen LogP contribution in [0.1, 0.15) is 24.5 Å². The maximum Gasteiger partial charge on any atom is 0.119 e. The summed E-state index contributed by atoms with van der Waals surface area (Å²) >= 11 is 6.07. The first kappa shape index (κ1) is 17.3. The molecule has 24 heavy (non-hydrogen) atoms. The molecule has 2 atom stereocenters. The number of nitrogens with zero attached hydrogens (tertiary/aromatic N) is 1. The van der Waals surface area contributed by atoms with Gasteiger partial charge in [-0.05, 0) is 56.5 Å². The van der Waals surface area contributed by atoms with Gasteiger partial charge in [0.25, 0.3) is 0 Å². The van der Waals surface area contributed by atoms with E-state index in [2.05, 4.69) is 55.1 Å². The Morgan fingerprint density at radius 2 is 1.96 bits per heavy atom. The molecule has 1 aliphatic rings. The summed E-state index contributed by atoms with van der Waals surface area (Å²) in [6.07, 6.45) is 2.26. The molecule has 128 valence electrons. The third-order valence-electron chi connectivity index (χ3n) is 4.87. The smallest absolute Gasteiger partial charge is 0.119 e. The molecule has 0 saturated carbocycles. The minimum absolute atomic E-state index is 0.612. The highest BCUT2D eigenvalue weighted by Gasteiger charge is 2.29. The first-order valence-corrected chi connectivity index (χ1v) is 9.16. The van der Waals surface area contributed by atoms with Gasteiger partial charge in [-0.2, -0.15) is 0 Å². The number of ether oxygens (including phenoxy) is 1. The summed E-state index contributed by atoms with van der Waals surface area (Å²) < 4.78 is 5.98. The van der Waals surface area contributed by atoms with Crippen molar-refractivity contribution in [2.45, 2.75) is 32.7 Å². The van der Waals surface area contributed by atoms with Gasteiger partial charge in [-0.15, -0.1) is 0 Å². The summed E-state index contributed by atoms with van der Waals surface area (Å²) in [6.45, 7) is 7.43. The van der Waals surface area contributed by atoms with Gasteiger partial charge in [-0.25, -0.2) is 0 Å². The Balaban J connectivity index is 1.46. The molecule has 0 spiro atoms. The fraction of sp³-hybridized carbons (Fsp3) is 0.429. The SMILES string of the molecule is Cc1ccc(OCC2CC(C)N(CCc3cccc(Cl)c3)C2)cc1. The molecule has 2 nitrogen and oxygen atoms in total. The van der Waals surface area contributed by atoms with Crippen molar-refractivity contribution in [2.24, 2.45) is 5.92 Å². The van der Waals surface area contributed by atoms with E-state index < -0.39 is 0 Å². The van der Waals surface area contributed by atoms with Crippen LogP contribution in [0.5, 0.6) is 5.75 Å². The molecule has 2 aromatic carbocycles. The van der Waals surface area contributed by atoms with Crippen LogP contribution in [0.3, 0.4) is 0 Å². The van der Waals surface area contributed by atoms with Gasteiger partial charge in [0.1, 0.15) is 5.75 Å². The Morgan fingerprint density at radius 1 is 1.17 bits per heavy atom. The first-order chi connectivity index (χ1) is 11.6. The molecular formula is C21H26ClNO. The van der Waals surface area contributed by atoms with Crippen LogP contribution in [0.4, 0.5) is 0 Å². The summed E-state index contributed by atoms with van der Waals surface area (Å²) in [5.41, 5.74) is 2.58. The number of aryl methyl sites for hydroxylation is 1. The number of halogens is 1. The van der Waals surface area contributed by atoms with E-state index in [0.29, 0.717) is 12.0 Å². The molecule has 1 heterocycles. The fourth-order valence-electron chi connectivity index (χ4n) is 3.46. The van der Waals surface area contributed by atoms with Gasteiger partial charge in [0.05, 0.1) is 6.61 Å². The van der Waals surface area contributed by atoms with E-state index in [1.165, 1.54) is 17.5 Å². The van der Waals surface area contributed by atoms with Gasteiger partial charge in [0.2, 0.25) is 0 Å². The Kier molecular flexibility index (Phi) is 5.80. The van der Waals surface area contributed by atoms with Crippen LogP contribution in [-0.2, 0) is 6.42 Å². The highest BCUT2D eigenvalue weighted by Crippen LogP contribution is 2.24. The van der Waals surface area contributed by atoms with Gasteiger partial charge in [0.15, 0.2) is 0 Å². The number of hydrogen-bond acceptors (Lipinski definition) is 2. The zero-order chi connectivity index (χ0) is 16.9. The lowest BCUT2D eigenvalue weighted by molar-refractivity contribution is 0.234. The predicted octanol–water partition coefficient (Wildman–Crippen LogP) is 4.98. The van der Waals surface area contributed by atoms with Crippen LogP contribution < -0.4 is 4.74 Å². The molecule has 0 amide bonds. The molecule has 0 aromatic heterocycles. The lowest BCUT2D eigenvalue weighted by atomic mass is 10.1. The van der Waals surface area contributed by atoms with E-state index in [1.54, 1.807) is 0 Å². The van der Waals surface area contributed by atoms with E-state index in [4.69, 9.17) is 16.3 Å². The Bertz CT molecular complexity index is 655. The maximum atomic E-state index is 6.07. The molecule has 0 aliphatic carbocycles. The van der Waals surface area contributed by atoms with Crippen LogP contribution >= 0.6 is 11.6 Å². The number of benzene rings is 2. The van der Waals surface area contributed by atoms with E-state index in [0.717, 1.165) is 36.9 Å². The molecule has 0 radical (unpaired) electrons. The first-order valence-electron chi connectivity index (χ1n) is 8.78. The molecular weight excluding hydrogens is 318 g/mol. The molecule has 2 aromatic rings. The highest BCUT2D eigenvalue weighted by atomic mass is 35.5. The van der Waals surface area contributed by atoms with Crippen LogP contribution in [0.15, 0.2) is 48.5 Å². The number of hydrogen-bond donors (Lipinski definition) is 0. The van der Waals surface area contributed by atoms with Crippen molar-refractivity contribution in [1.29, 1.82) is 0 Å². The zero-order valence-corrected chi connectivity index (χ0v) is 15.3.